The summed E-state index contributed by atoms with van der Waals surface area (Å²) in [6.45, 7) is 0. The van der Waals surface area contributed by atoms with E-state index in [4.69, 9.17) is 5.73 Å². The number of hydrogen-bond donors (Lipinski definition) is 2. The molecule has 1 aromatic rings. The Bertz CT molecular complexity index is 510. The van der Waals surface area contributed by atoms with Crippen LogP contribution in [0.4, 0.5) is 5.69 Å². The first kappa shape index (κ1) is 15.2. The van der Waals surface area contributed by atoms with Gasteiger partial charge in [0.1, 0.15) is 0 Å². The Labute approximate surface area is 122 Å². The first-order valence-corrected chi connectivity index (χ1v) is 8.72. The molecular weight excluding hydrogens is 272 g/mol. The third-order valence-electron chi connectivity index (χ3n) is 3.75. The molecule has 1 saturated carbocycles. The second-order valence-corrected chi connectivity index (χ2v) is 7.02. The molecular formula is C15H22N2O2S. The number of amides is 1. The number of anilines is 1. The number of carbonyl (C=O) groups excluding carboxylic acids is 1. The van der Waals surface area contributed by atoms with E-state index in [9.17, 15) is 9.00 Å². The molecule has 1 aliphatic carbocycles. The SMILES string of the molecule is CS(=O)Cc1cccc(NC(=O)C2(N)CCCCC2)c1. The van der Waals surface area contributed by atoms with Crippen LogP contribution in [0.25, 0.3) is 0 Å². The Morgan fingerprint density at radius 3 is 2.70 bits per heavy atom. The van der Waals surface area contributed by atoms with Crippen molar-refractivity contribution in [2.75, 3.05) is 11.6 Å². The molecule has 0 heterocycles. The van der Waals surface area contributed by atoms with Gasteiger partial charge in [-0.05, 0) is 30.5 Å². The zero-order chi connectivity index (χ0) is 14.6. The van der Waals surface area contributed by atoms with Crippen LogP contribution in [0.1, 0.15) is 37.7 Å². The number of hydrogen-bond acceptors (Lipinski definition) is 3. The highest BCUT2D eigenvalue weighted by Crippen LogP contribution is 2.27. The molecule has 0 aliphatic heterocycles. The number of rotatable bonds is 4. The topological polar surface area (TPSA) is 72.2 Å². The standard InChI is InChI=1S/C15H22N2O2S/c1-20(19)11-12-6-5-7-13(10-12)17-14(18)15(16)8-3-2-4-9-15/h5-7,10H,2-4,8-9,11,16H2,1H3,(H,17,18). The molecule has 1 aliphatic rings. The van der Waals surface area contributed by atoms with E-state index in [1.807, 2.05) is 24.3 Å². The summed E-state index contributed by atoms with van der Waals surface area (Å²) < 4.78 is 11.2. The highest BCUT2D eigenvalue weighted by molar-refractivity contribution is 7.83. The van der Waals surface area contributed by atoms with Crippen molar-refractivity contribution in [2.45, 2.75) is 43.4 Å². The van der Waals surface area contributed by atoms with Gasteiger partial charge in [-0.2, -0.15) is 0 Å². The predicted molar refractivity (Wildman–Crippen MR) is 82.8 cm³/mol. The summed E-state index contributed by atoms with van der Waals surface area (Å²) in [5.74, 6) is 0.393. The first-order chi connectivity index (χ1) is 9.49. The zero-order valence-corrected chi connectivity index (χ0v) is 12.7. The zero-order valence-electron chi connectivity index (χ0n) is 11.9. The molecule has 0 radical (unpaired) electrons. The van der Waals surface area contributed by atoms with Crippen LogP contribution in [0.2, 0.25) is 0 Å². The Balaban J connectivity index is 2.05. The number of benzene rings is 1. The molecule has 0 spiro atoms. The molecule has 110 valence electrons. The highest BCUT2D eigenvalue weighted by atomic mass is 32.2. The van der Waals surface area contributed by atoms with Crippen molar-refractivity contribution in [3.63, 3.8) is 0 Å². The van der Waals surface area contributed by atoms with Crippen molar-refractivity contribution >= 4 is 22.4 Å². The van der Waals surface area contributed by atoms with Gasteiger partial charge in [0.2, 0.25) is 5.91 Å². The molecule has 5 heteroatoms. The van der Waals surface area contributed by atoms with E-state index in [0.717, 1.165) is 43.4 Å². The van der Waals surface area contributed by atoms with Gasteiger partial charge in [-0.1, -0.05) is 31.4 Å². The molecule has 0 bridgehead atoms. The molecule has 1 unspecified atom stereocenters. The van der Waals surface area contributed by atoms with E-state index in [2.05, 4.69) is 5.32 Å². The minimum Gasteiger partial charge on any atom is -0.324 e. The largest absolute Gasteiger partial charge is 0.324 e. The molecule has 1 atom stereocenters. The van der Waals surface area contributed by atoms with Crippen molar-refractivity contribution in [1.82, 2.24) is 0 Å². The summed E-state index contributed by atoms with van der Waals surface area (Å²) >= 11 is 0. The van der Waals surface area contributed by atoms with Gasteiger partial charge in [0, 0.05) is 28.5 Å². The third kappa shape index (κ3) is 3.90. The molecule has 1 aromatic carbocycles. The van der Waals surface area contributed by atoms with Crippen molar-refractivity contribution in [3.8, 4) is 0 Å². The second kappa shape index (κ2) is 6.50. The summed E-state index contributed by atoms with van der Waals surface area (Å²) in [6.07, 6.45) is 6.35. The van der Waals surface area contributed by atoms with Crippen LogP contribution in [-0.2, 0) is 21.3 Å². The third-order valence-corrected chi connectivity index (χ3v) is 4.49. The average molecular weight is 294 g/mol. The van der Waals surface area contributed by atoms with Crippen molar-refractivity contribution in [2.24, 2.45) is 5.73 Å². The quantitative estimate of drug-likeness (QED) is 0.894. The maximum Gasteiger partial charge on any atom is 0.244 e. The Morgan fingerprint density at radius 1 is 1.35 bits per heavy atom. The fourth-order valence-corrected chi connectivity index (χ4v) is 3.29. The van der Waals surface area contributed by atoms with Crippen LogP contribution in [0, 0.1) is 0 Å². The van der Waals surface area contributed by atoms with E-state index in [0.29, 0.717) is 5.75 Å². The average Bonchev–Trinajstić information content (AvgIpc) is 2.39. The number of carbonyl (C=O) groups is 1. The van der Waals surface area contributed by atoms with Gasteiger partial charge in [-0.3, -0.25) is 9.00 Å². The van der Waals surface area contributed by atoms with Crippen molar-refractivity contribution < 1.29 is 9.00 Å². The predicted octanol–water partition coefficient (Wildman–Crippen LogP) is 2.17. The molecule has 2 rings (SSSR count). The van der Waals surface area contributed by atoms with Gasteiger partial charge in [0.15, 0.2) is 0 Å². The van der Waals surface area contributed by atoms with E-state index < -0.39 is 16.3 Å². The van der Waals surface area contributed by atoms with E-state index in [-0.39, 0.29) is 5.91 Å². The van der Waals surface area contributed by atoms with Crippen molar-refractivity contribution in [1.29, 1.82) is 0 Å². The van der Waals surface area contributed by atoms with Crippen LogP contribution in [-0.4, -0.2) is 21.9 Å². The maximum absolute atomic E-state index is 12.3. The minimum absolute atomic E-state index is 0.105. The molecule has 4 nitrogen and oxygen atoms in total. The van der Waals surface area contributed by atoms with Gasteiger partial charge < -0.3 is 11.1 Å². The van der Waals surface area contributed by atoms with Crippen LogP contribution < -0.4 is 11.1 Å². The monoisotopic (exact) mass is 294 g/mol. The van der Waals surface area contributed by atoms with E-state index in [1.54, 1.807) is 6.26 Å². The van der Waals surface area contributed by atoms with Gasteiger partial charge in [0.05, 0.1) is 5.54 Å². The minimum atomic E-state index is -0.887. The van der Waals surface area contributed by atoms with E-state index >= 15 is 0 Å². The number of nitrogens with one attached hydrogen (secondary N) is 1. The highest BCUT2D eigenvalue weighted by Gasteiger charge is 2.35. The summed E-state index contributed by atoms with van der Waals surface area (Å²) in [4.78, 5) is 12.3. The lowest BCUT2D eigenvalue weighted by molar-refractivity contribution is -0.122. The second-order valence-electron chi connectivity index (χ2n) is 5.59. The van der Waals surface area contributed by atoms with Crippen LogP contribution in [0.5, 0.6) is 0 Å². The van der Waals surface area contributed by atoms with E-state index in [1.165, 1.54) is 0 Å². The number of nitrogens with two attached hydrogens (primary N) is 1. The molecule has 0 aromatic heterocycles. The Kier molecular flexibility index (Phi) is 4.94. The van der Waals surface area contributed by atoms with Gasteiger partial charge in [0.25, 0.3) is 0 Å². The summed E-state index contributed by atoms with van der Waals surface area (Å²) in [5, 5.41) is 2.90. The molecule has 3 N–H and O–H groups in total. The summed E-state index contributed by atoms with van der Waals surface area (Å²) in [5.41, 5.74) is 7.16. The van der Waals surface area contributed by atoms with Gasteiger partial charge >= 0.3 is 0 Å². The Morgan fingerprint density at radius 2 is 2.05 bits per heavy atom. The fourth-order valence-electron chi connectivity index (χ4n) is 2.64. The summed E-state index contributed by atoms with van der Waals surface area (Å²) in [7, 11) is -0.887. The molecule has 20 heavy (non-hydrogen) atoms. The normalized spacial score (nSPS) is 19.3. The van der Waals surface area contributed by atoms with Crippen LogP contribution in [0.15, 0.2) is 24.3 Å². The molecule has 1 fully saturated rings. The van der Waals surface area contributed by atoms with Gasteiger partial charge in [-0.15, -0.1) is 0 Å². The van der Waals surface area contributed by atoms with Crippen molar-refractivity contribution in [3.05, 3.63) is 29.8 Å². The first-order valence-electron chi connectivity index (χ1n) is 6.99. The van der Waals surface area contributed by atoms with Crippen LogP contribution >= 0.6 is 0 Å². The Hall–Kier alpha value is -1.20. The van der Waals surface area contributed by atoms with Crippen LogP contribution in [0.3, 0.4) is 0 Å². The molecule has 0 saturated heterocycles. The lowest BCUT2D eigenvalue weighted by Gasteiger charge is -2.31. The maximum atomic E-state index is 12.3. The fraction of sp³-hybridized carbons (Fsp3) is 0.533. The molecule has 1 amide bonds. The van der Waals surface area contributed by atoms with Gasteiger partial charge in [-0.25, -0.2) is 0 Å². The lowest BCUT2D eigenvalue weighted by atomic mass is 9.82. The smallest absolute Gasteiger partial charge is 0.244 e. The lowest BCUT2D eigenvalue weighted by Crippen LogP contribution is -2.52. The summed E-state index contributed by atoms with van der Waals surface area (Å²) in [6, 6.07) is 7.48.